The molecule has 84 valence electrons. The summed E-state index contributed by atoms with van der Waals surface area (Å²) < 4.78 is 13.6. The lowest BCUT2D eigenvalue weighted by Gasteiger charge is -2.13. The van der Waals surface area contributed by atoms with E-state index in [4.69, 9.17) is 5.73 Å². The second-order valence-corrected chi connectivity index (χ2v) is 4.83. The van der Waals surface area contributed by atoms with Crippen molar-refractivity contribution in [1.29, 1.82) is 0 Å². The minimum Gasteiger partial charge on any atom is -0.327 e. The van der Waals surface area contributed by atoms with Gasteiger partial charge in [0.1, 0.15) is 5.82 Å². The summed E-state index contributed by atoms with van der Waals surface area (Å²) in [7, 11) is 0. The molecule has 3 heteroatoms. The molecule has 1 unspecified atom stereocenters. The molecule has 0 aromatic heterocycles. The molecule has 0 spiro atoms. The summed E-state index contributed by atoms with van der Waals surface area (Å²) in [5.41, 5.74) is 6.64. The van der Waals surface area contributed by atoms with Crippen molar-refractivity contribution in [3.63, 3.8) is 0 Å². The lowest BCUT2D eigenvalue weighted by Crippen LogP contribution is -2.22. The molecule has 0 radical (unpaired) electrons. The number of thioether (sulfide) groups is 1. The average Bonchev–Trinajstić information content (AvgIpc) is 2.23. The monoisotopic (exact) mass is 227 g/mol. The van der Waals surface area contributed by atoms with Gasteiger partial charge in [-0.3, -0.25) is 0 Å². The van der Waals surface area contributed by atoms with E-state index in [-0.39, 0.29) is 11.9 Å². The Morgan fingerprint density at radius 3 is 2.73 bits per heavy atom. The molecule has 0 aliphatic rings. The van der Waals surface area contributed by atoms with Gasteiger partial charge in [-0.15, -0.1) is 11.8 Å². The van der Waals surface area contributed by atoms with Crippen molar-refractivity contribution in [2.75, 3.05) is 5.75 Å². The Bertz CT molecular complexity index is 314. The molecule has 0 aliphatic heterocycles. The first-order valence-electron chi connectivity index (χ1n) is 5.34. The number of halogens is 1. The van der Waals surface area contributed by atoms with E-state index in [9.17, 15) is 4.39 Å². The van der Waals surface area contributed by atoms with Crippen LogP contribution in [0.15, 0.2) is 23.1 Å². The Morgan fingerprint density at radius 1 is 1.40 bits per heavy atom. The third-order valence-corrected chi connectivity index (χ3v) is 3.35. The normalized spacial score (nSPS) is 12.8. The molecule has 1 aromatic rings. The zero-order chi connectivity index (χ0) is 11.3. The van der Waals surface area contributed by atoms with Gasteiger partial charge < -0.3 is 5.73 Å². The van der Waals surface area contributed by atoms with Crippen LogP contribution >= 0.6 is 11.8 Å². The molecular weight excluding hydrogens is 209 g/mol. The molecule has 0 aliphatic carbocycles. The number of nitrogens with two attached hydrogens (primary N) is 1. The van der Waals surface area contributed by atoms with Crippen LogP contribution < -0.4 is 5.73 Å². The van der Waals surface area contributed by atoms with Gasteiger partial charge in [-0.1, -0.05) is 19.9 Å². The molecule has 1 nitrogen and oxygen atoms in total. The Labute approximate surface area is 95.2 Å². The smallest absolute Gasteiger partial charge is 0.127 e. The van der Waals surface area contributed by atoms with Gasteiger partial charge in [-0.2, -0.15) is 0 Å². The van der Waals surface area contributed by atoms with E-state index in [1.165, 1.54) is 6.07 Å². The van der Waals surface area contributed by atoms with E-state index in [1.807, 2.05) is 13.0 Å². The Hall–Kier alpha value is -0.540. The van der Waals surface area contributed by atoms with Crippen LogP contribution in [0.2, 0.25) is 0 Å². The van der Waals surface area contributed by atoms with Crippen LogP contribution in [-0.2, 0) is 6.42 Å². The molecule has 1 aromatic carbocycles. The second-order valence-electron chi connectivity index (χ2n) is 3.52. The van der Waals surface area contributed by atoms with Crippen molar-refractivity contribution >= 4 is 11.8 Å². The predicted molar refractivity (Wildman–Crippen MR) is 64.8 cm³/mol. The van der Waals surface area contributed by atoms with Crippen molar-refractivity contribution in [1.82, 2.24) is 0 Å². The zero-order valence-electron chi connectivity index (χ0n) is 9.29. The third kappa shape index (κ3) is 3.50. The highest BCUT2D eigenvalue weighted by Gasteiger charge is 2.11. The lowest BCUT2D eigenvalue weighted by atomic mass is 10.0. The highest BCUT2D eigenvalue weighted by molar-refractivity contribution is 7.99. The molecule has 0 fully saturated rings. The Kier molecular flexibility index (Phi) is 5.12. The summed E-state index contributed by atoms with van der Waals surface area (Å²) in [5, 5.41) is 0. The summed E-state index contributed by atoms with van der Waals surface area (Å²) in [4.78, 5) is 1.03. The second kappa shape index (κ2) is 6.13. The van der Waals surface area contributed by atoms with Crippen LogP contribution in [0.1, 0.15) is 25.8 Å². The maximum atomic E-state index is 13.6. The number of hydrogen-bond donors (Lipinski definition) is 1. The summed E-state index contributed by atoms with van der Waals surface area (Å²) >= 11 is 1.67. The van der Waals surface area contributed by atoms with E-state index in [2.05, 4.69) is 6.92 Å². The summed E-state index contributed by atoms with van der Waals surface area (Å²) in [6, 6.07) is 5.29. The fraction of sp³-hybridized carbons (Fsp3) is 0.500. The van der Waals surface area contributed by atoms with Crippen molar-refractivity contribution in [3.8, 4) is 0 Å². The van der Waals surface area contributed by atoms with Crippen LogP contribution in [0.4, 0.5) is 4.39 Å². The fourth-order valence-electron chi connectivity index (χ4n) is 1.43. The summed E-state index contributed by atoms with van der Waals surface area (Å²) in [6.45, 7) is 4.09. The summed E-state index contributed by atoms with van der Waals surface area (Å²) in [6.07, 6.45) is 1.51. The SMILES string of the molecule is CCSc1cccc(F)c1CC(N)CC. The Balaban J connectivity index is 2.91. The van der Waals surface area contributed by atoms with E-state index >= 15 is 0 Å². The zero-order valence-corrected chi connectivity index (χ0v) is 10.1. The predicted octanol–water partition coefficient (Wildman–Crippen LogP) is 3.22. The quantitative estimate of drug-likeness (QED) is 0.782. The number of hydrogen-bond acceptors (Lipinski definition) is 2. The van der Waals surface area contributed by atoms with E-state index in [1.54, 1.807) is 17.8 Å². The van der Waals surface area contributed by atoms with Crippen LogP contribution in [-0.4, -0.2) is 11.8 Å². The molecule has 0 saturated carbocycles. The van der Waals surface area contributed by atoms with Gasteiger partial charge in [0, 0.05) is 16.5 Å². The molecule has 1 rings (SSSR count). The minimum absolute atomic E-state index is 0.0538. The molecule has 0 saturated heterocycles. The largest absolute Gasteiger partial charge is 0.327 e. The number of benzene rings is 1. The van der Waals surface area contributed by atoms with E-state index < -0.39 is 0 Å². The van der Waals surface area contributed by atoms with E-state index in [0.29, 0.717) is 6.42 Å². The van der Waals surface area contributed by atoms with Gasteiger partial charge in [-0.25, -0.2) is 4.39 Å². The van der Waals surface area contributed by atoms with Crippen molar-refractivity contribution in [3.05, 3.63) is 29.6 Å². The topological polar surface area (TPSA) is 26.0 Å². The molecule has 15 heavy (non-hydrogen) atoms. The maximum Gasteiger partial charge on any atom is 0.127 e. The maximum absolute atomic E-state index is 13.6. The van der Waals surface area contributed by atoms with Gasteiger partial charge in [0.25, 0.3) is 0 Å². The molecular formula is C12H18FNS. The highest BCUT2D eigenvalue weighted by Crippen LogP contribution is 2.25. The van der Waals surface area contributed by atoms with Crippen molar-refractivity contribution < 1.29 is 4.39 Å². The van der Waals surface area contributed by atoms with Gasteiger partial charge in [-0.05, 0) is 30.7 Å². The molecule has 0 bridgehead atoms. The lowest BCUT2D eigenvalue weighted by molar-refractivity contribution is 0.571. The van der Waals surface area contributed by atoms with Crippen LogP contribution in [0.25, 0.3) is 0 Å². The molecule has 0 heterocycles. The first-order valence-corrected chi connectivity index (χ1v) is 6.33. The van der Waals surface area contributed by atoms with E-state index in [0.717, 1.165) is 22.6 Å². The molecule has 2 N–H and O–H groups in total. The fourth-order valence-corrected chi connectivity index (χ4v) is 2.28. The van der Waals surface area contributed by atoms with Crippen molar-refractivity contribution in [2.45, 2.75) is 37.6 Å². The third-order valence-electron chi connectivity index (χ3n) is 2.37. The van der Waals surface area contributed by atoms with Crippen LogP contribution in [0.3, 0.4) is 0 Å². The van der Waals surface area contributed by atoms with Crippen LogP contribution in [0.5, 0.6) is 0 Å². The van der Waals surface area contributed by atoms with Crippen molar-refractivity contribution in [2.24, 2.45) is 5.73 Å². The number of rotatable bonds is 5. The Morgan fingerprint density at radius 2 is 2.13 bits per heavy atom. The summed E-state index contributed by atoms with van der Waals surface area (Å²) in [5.74, 6) is 0.829. The highest BCUT2D eigenvalue weighted by atomic mass is 32.2. The first-order chi connectivity index (χ1) is 7.19. The van der Waals surface area contributed by atoms with Gasteiger partial charge in [0.15, 0.2) is 0 Å². The van der Waals surface area contributed by atoms with Gasteiger partial charge in [0.05, 0.1) is 0 Å². The molecule has 0 amide bonds. The standard InChI is InChI=1S/C12H18FNS/c1-3-9(14)8-10-11(13)6-5-7-12(10)15-4-2/h5-7,9H,3-4,8,14H2,1-2H3. The average molecular weight is 227 g/mol. The molecule has 1 atom stereocenters. The minimum atomic E-state index is -0.127. The van der Waals surface area contributed by atoms with Gasteiger partial charge >= 0.3 is 0 Å². The first kappa shape index (κ1) is 12.5. The van der Waals surface area contributed by atoms with Crippen LogP contribution in [0, 0.1) is 5.82 Å². The van der Waals surface area contributed by atoms with Gasteiger partial charge in [0.2, 0.25) is 0 Å².